The van der Waals surface area contributed by atoms with E-state index in [-0.39, 0.29) is 0 Å². The Morgan fingerprint density at radius 3 is 2.44 bits per heavy atom. The van der Waals surface area contributed by atoms with Crippen LogP contribution in [0.4, 0.5) is 0 Å². The van der Waals surface area contributed by atoms with Crippen LogP contribution in [0, 0.1) is 4.78 Å². The van der Waals surface area contributed by atoms with Gasteiger partial charge in [-0.1, -0.05) is 32.6 Å². The fraction of sp³-hybridized carbons (Fsp3) is 1.00. The molecule has 0 spiro atoms. The lowest BCUT2D eigenvalue weighted by molar-refractivity contribution is 0.706. The van der Waals surface area contributed by atoms with Crippen LogP contribution in [-0.2, 0) is 20.4 Å². The maximum absolute atomic E-state index is 7.06. The zero-order chi connectivity index (χ0) is 7.11. The fourth-order valence-electron chi connectivity index (χ4n) is 0.660. The van der Waals surface area contributed by atoms with Crippen molar-refractivity contribution in [2.75, 3.05) is 5.75 Å². The molecule has 0 saturated heterocycles. The minimum absolute atomic E-state index is 0.486. The van der Waals surface area contributed by atoms with Crippen molar-refractivity contribution in [3.8, 4) is 0 Å². The van der Waals surface area contributed by atoms with Crippen LogP contribution in [0.3, 0.4) is 0 Å². The second-order valence-electron chi connectivity index (χ2n) is 2.11. The first-order chi connectivity index (χ1) is 4.27. The molecule has 0 aromatic heterocycles. The van der Waals surface area contributed by atoms with E-state index in [4.69, 9.17) is 16.0 Å². The van der Waals surface area contributed by atoms with Gasteiger partial charge in [0.2, 0.25) is 0 Å². The molecular weight excluding hydrogens is 150 g/mol. The van der Waals surface area contributed by atoms with E-state index in [9.17, 15) is 0 Å². The predicted octanol–water partition coefficient (Wildman–Crippen LogP) is 2.41. The lowest BCUT2D eigenvalue weighted by Gasteiger charge is -2.00. The highest BCUT2D eigenvalue weighted by Crippen LogP contribution is 1.97. The molecule has 0 saturated carbocycles. The number of hydrogen-bond donors (Lipinski definition) is 1. The highest BCUT2D eigenvalue weighted by atomic mass is 32.8. The van der Waals surface area contributed by atoms with Crippen molar-refractivity contribution in [1.82, 2.24) is 0 Å². The van der Waals surface area contributed by atoms with Crippen LogP contribution >= 0.6 is 0 Å². The summed E-state index contributed by atoms with van der Waals surface area (Å²) in [6.45, 7) is 2.19. The van der Waals surface area contributed by atoms with Crippen LogP contribution in [0.1, 0.15) is 32.6 Å². The zero-order valence-corrected chi connectivity index (χ0v) is 7.49. The molecule has 9 heavy (non-hydrogen) atoms. The van der Waals surface area contributed by atoms with E-state index in [0.717, 1.165) is 12.2 Å². The molecule has 56 valence electrons. The molecule has 0 fully saturated rings. The monoisotopic (exact) mass is 164 g/mol. The molecular formula is C6H14NS2-. The minimum Gasteiger partial charge on any atom is -0.441 e. The van der Waals surface area contributed by atoms with Gasteiger partial charge in [-0.3, -0.25) is 11.2 Å². The Labute approximate surface area is 64.0 Å². The molecule has 0 atom stereocenters. The smallest absolute Gasteiger partial charge is 0.0536 e. The summed E-state index contributed by atoms with van der Waals surface area (Å²) in [5.74, 6) is 0.926. The van der Waals surface area contributed by atoms with Crippen molar-refractivity contribution in [3.63, 3.8) is 0 Å². The summed E-state index contributed by atoms with van der Waals surface area (Å²) in [7, 11) is -0.486. The second-order valence-corrected chi connectivity index (χ2v) is 4.42. The second kappa shape index (κ2) is 6.49. The largest absolute Gasteiger partial charge is 0.441 e. The van der Waals surface area contributed by atoms with E-state index in [1.165, 1.54) is 19.3 Å². The molecule has 0 heterocycles. The first-order valence-corrected chi connectivity index (χ1v) is 5.69. The number of unbranched alkanes of at least 4 members (excludes halogenated alkanes) is 3. The summed E-state index contributed by atoms with van der Waals surface area (Å²) in [6, 6.07) is 0. The van der Waals surface area contributed by atoms with Gasteiger partial charge in [0.05, 0.1) is 0 Å². The fourth-order valence-corrected chi connectivity index (χ4v) is 1.48. The highest BCUT2D eigenvalue weighted by molar-refractivity contribution is 8.22. The van der Waals surface area contributed by atoms with Gasteiger partial charge < -0.3 is 14.0 Å². The zero-order valence-electron chi connectivity index (χ0n) is 5.85. The molecule has 0 aliphatic heterocycles. The molecule has 0 aromatic carbocycles. The Morgan fingerprint density at radius 1 is 1.33 bits per heavy atom. The molecule has 0 radical (unpaired) electrons. The summed E-state index contributed by atoms with van der Waals surface area (Å²) in [4.78, 5) is 0. The topological polar surface area (TPSA) is 23.9 Å². The minimum atomic E-state index is -0.486. The third kappa shape index (κ3) is 8.37. The summed E-state index contributed by atoms with van der Waals surface area (Å²) < 4.78 is 7.06. The van der Waals surface area contributed by atoms with Crippen molar-refractivity contribution in [2.24, 2.45) is 0 Å². The van der Waals surface area contributed by atoms with Crippen LogP contribution in [0.2, 0.25) is 0 Å². The molecule has 0 unspecified atom stereocenters. The number of hydrogen-bond acceptors (Lipinski definition) is 3. The van der Waals surface area contributed by atoms with Crippen LogP contribution < -0.4 is 0 Å². The Bertz CT molecular complexity index is 110. The van der Waals surface area contributed by atoms with Crippen molar-refractivity contribution in [3.05, 3.63) is 0 Å². The summed E-state index contributed by atoms with van der Waals surface area (Å²) in [6.07, 6.45) is 4.98. The van der Waals surface area contributed by atoms with Crippen molar-refractivity contribution < 1.29 is 0 Å². The lowest BCUT2D eigenvalue weighted by atomic mass is 10.2. The Kier molecular flexibility index (Phi) is 6.76. The third-order valence-corrected chi connectivity index (χ3v) is 2.34. The quantitative estimate of drug-likeness (QED) is 0.489. The van der Waals surface area contributed by atoms with Gasteiger partial charge in [0.25, 0.3) is 0 Å². The van der Waals surface area contributed by atoms with Crippen LogP contribution in [0.25, 0.3) is 0 Å². The van der Waals surface area contributed by atoms with Crippen LogP contribution in [-0.4, -0.2) is 5.75 Å². The molecule has 0 aliphatic rings. The normalized spacial score (nSPS) is 10.4. The standard InChI is InChI=1S/C6H14NS2/c1-2-3-4-5-6-9(7)8/h7H,2-6H2,1H3/q-1. The SMILES string of the molecule is CCCCCC[S-](=N)=S. The molecule has 0 aromatic rings. The molecule has 1 N–H and O–H groups in total. The van der Waals surface area contributed by atoms with E-state index in [1.54, 1.807) is 0 Å². The molecule has 0 bridgehead atoms. The van der Waals surface area contributed by atoms with Gasteiger partial charge >= 0.3 is 0 Å². The summed E-state index contributed by atoms with van der Waals surface area (Å²) in [5.41, 5.74) is 0. The van der Waals surface area contributed by atoms with Gasteiger partial charge in [-0.05, 0) is 0 Å². The maximum atomic E-state index is 7.06. The third-order valence-electron chi connectivity index (χ3n) is 1.18. The van der Waals surface area contributed by atoms with Gasteiger partial charge in [-0.2, -0.15) is 0 Å². The molecule has 1 nitrogen and oxygen atoms in total. The average Bonchev–Trinajstić information content (AvgIpc) is 1.80. The van der Waals surface area contributed by atoms with Crippen molar-refractivity contribution >= 4 is 20.4 Å². The van der Waals surface area contributed by atoms with Crippen LogP contribution in [0.15, 0.2) is 0 Å². The van der Waals surface area contributed by atoms with Gasteiger partial charge in [-0.15, -0.1) is 5.75 Å². The summed E-state index contributed by atoms with van der Waals surface area (Å²) >= 11 is 4.72. The Morgan fingerprint density at radius 2 is 2.00 bits per heavy atom. The maximum Gasteiger partial charge on any atom is -0.0536 e. The molecule has 3 heteroatoms. The van der Waals surface area contributed by atoms with Gasteiger partial charge in [-0.25, -0.2) is 0 Å². The Balaban J connectivity index is 2.92. The van der Waals surface area contributed by atoms with Gasteiger partial charge in [0.15, 0.2) is 0 Å². The summed E-state index contributed by atoms with van der Waals surface area (Å²) in [5, 5.41) is 0. The lowest BCUT2D eigenvalue weighted by Crippen LogP contribution is -1.84. The average molecular weight is 164 g/mol. The highest BCUT2D eigenvalue weighted by Gasteiger charge is 1.79. The van der Waals surface area contributed by atoms with Crippen molar-refractivity contribution in [2.45, 2.75) is 32.6 Å². The molecule has 0 rings (SSSR count). The number of nitrogens with one attached hydrogen (secondary N) is 1. The van der Waals surface area contributed by atoms with Crippen LogP contribution in [0.5, 0.6) is 0 Å². The Hall–Kier alpha value is 0.370. The van der Waals surface area contributed by atoms with Gasteiger partial charge in [0.1, 0.15) is 0 Å². The first-order valence-electron chi connectivity index (χ1n) is 3.37. The van der Waals surface area contributed by atoms with E-state index >= 15 is 0 Å². The van der Waals surface area contributed by atoms with E-state index in [0.29, 0.717) is 0 Å². The van der Waals surface area contributed by atoms with E-state index in [2.05, 4.69) is 6.92 Å². The predicted molar refractivity (Wildman–Crippen MR) is 46.5 cm³/mol. The van der Waals surface area contributed by atoms with Crippen molar-refractivity contribution in [1.29, 1.82) is 4.78 Å². The van der Waals surface area contributed by atoms with E-state index < -0.39 is 9.25 Å². The number of rotatable bonds is 5. The molecule has 0 amide bonds. The first kappa shape index (κ1) is 9.37. The van der Waals surface area contributed by atoms with Gasteiger partial charge in [0, 0.05) is 0 Å². The molecule has 0 aliphatic carbocycles. The van der Waals surface area contributed by atoms with E-state index in [1.807, 2.05) is 0 Å².